The third-order valence-electron chi connectivity index (χ3n) is 4.42. The van der Waals surface area contributed by atoms with E-state index in [1.165, 1.54) is 11.0 Å². The summed E-state index contributed by atoms with van der Waals surface area (Å²) in [7, 11) is 0. The highest BCUT2D eigenvalue weighted by Crippen LogP contribution is 2.32. The largest absolute Gasteiger partial charge is 0.573 e. The highest BCUT2D eigenvalue weighted by Gasteiger charge is 2.33. The number of aromatic nitrogens is 2. The molecule has 0 bridgehead atoms. The number of benzene rings is 1. The lowest BCUT2D eigenvalue weighted by atomic mass is 10.1. The van der Waals surface area contributed by atoms with Gasteiger partial charge in [0, 0.05) is 23.3 Å². The predicted molar refractivity (Wildman–Crippen MR) is 102 cm³/mol. The molecule has 166 valence electrons. The average molecular weight is 431 g/mol. The lowest BCUT2D eigenvalue weighted by Gasteiger charge is -2.31. The van der Waals surface area contributed by atoms with Crippen molar-refractivity contribution in [3.63, 3.8) is 0 Å². The molecule has 0 spiro atoms. The maximum Gasteiger partial charge on any atom is 0.573 e. The Balaban J connectivity index is 2.44. The van der Waals surface area contributed by atoms with E-state index in [4.69, 9.17) is 4.74 Å². The fourth-order valence-electron chi connectivity index (χ4n) is 3.05. The quantitative estimate of drug-likeness (QED) is 0.621. The number of rotatable bonds is 6. The number of nitrogens with one attached hydrogen (secondary N) is 1. The van der Waals surface area contributed by atoms with Gasteiger partial charge in [0.15, 0.2) is 23.5 Å². The summed E-state index contributed by atoms with van der Waals surface area (Å²) in [6.07, 6.45) is -6.84. The van der Waals surface area contributed by atoms with E-state index in [0.29, 0.717) is 11.4 Å². The summed E-state index contributed by atoms with van der Waals surface area (Å²) in [6.45, 7) is 10.8. The minimum Gasteiger partial charge on any atom is -0.433 e. The van der Waals surface area contributed by atoms with Crippen molar-refractivity contribution in [1.29, 1.82) is 0 Å². The summed E-state index contributed by atoms with van der Waals surface area (Å²) < 4.78 is 60.9. The molecule has 2 aromatic rings. The van der Waals surface area contributed by atoms with Crippen molar-refractivity contribution in [2.75, 3.05) is 0 Å². The molecule has 0 aliphatic rings. The number of imidazole rings is 1. The number of carbonyl (C=O) groups excluding carboxylic acids is 1. The first-order chi connectivity index (χ1) is 13.8. The molecule has 0 saturated carbocycles. The van der Waals surface area contributed by atoms with Crippen LogP contribution in [-0.2, 0) is 4.74 Å². The Morgan fingerprint density at radius 3 is 2.17 bits per heavy atom. The highest BCUT2D eigenvalue weighted by molar-refractivity contribution is 5.69. The molecule has 1 N–H and O–H groups in total. The molecule has 0 aliphatic carbocycles. The number of carbonyl (C=O) groups is 1. The lowest BCUT2D eigenvalue weighted by molar-refractivity contribution is -0.275. The van der Waals surface area contributed by atoms with Crippen LogP contribution in [0.2, 0.25) is 0 Å². The normalized spacial score (nSPS) is 12.9. The lowest BCUT2D eigenvalue weighted by Crippen LogP contribution is -2.43. The monoisotopic (exact) mass is 431 g/mol. The number of nitrogens with zero attached hydrogens (tertiary/aromatic N) is 2. The standard InChI is InChI=1S/C20H25F4N3O3/c1-10(2)27(11(3)4)19(28)29-17(18-25-12(5)13(6)26-18)14-7-8-16(15(21)9-14)30-20(22,23)24/h7-11,17H,1-6H3,(H,25,26). The van der Waals surface area contributed by atoms with Crippen LogP contribution in [0, 0.1) is 19.7 Å². The number of hydrogen-bond acceptors (Lipinski definition) is 4. The Morgan fingerprint density at radius 2 is 1.73 bits per heavy atom. The molecule has 30 heavy (non-hydrogen) atoms. The van der Waals surface area contributed by atoms with Crippen LogP contribution in [0.3, 0.4) is 0 Å². The molecule has 2 rings (SSSR count). The van der Waals surface area contributed by atoms with Crippen LogP contribution >= 0.6 is 0 Å². The van der Waals surface area contributed by atoms with Crippen LogP contribution in [0.1, 0.15) is 56.6 Å². The minimum absolute atomic E-state index is 0.108. The van der Waals surface area contributed by atoms with Crippen LogP contribution in [0.25, 0.3) is 0 Å². The number of aromatic amines is 1. The van der Waals surface area contributed by atoms with E-state index in [1.807, 2.05) is 27.7 Å². The first-order valence-electron chi connectivity index (χ1n) is 9.37. The van der Waals surface area contributed by atoms with E-state index in [9.17, 15) is 22.4 Å². The van der Waals surface area contributed by atoms with Gasteiger partial charge in [0.2, 0.25) is 0 Å². The van der Waals surface area contributed by atoms with E-state index in [-0.39, 0.29) is 23.5 Å². The minimum atomic E-state index is -5.03. The molecule has 0 radical (unpaired) electrons. The van der Waals surface area contributed by atoms with Crippen LogP contribution in [-0.4, -0.2) is 39.4 Å². The second kappa shape index (κ2) is 8.93. The molecule has 1 atom stereocenters. The van der Waals surface area contributed by atoms with Crippen molar-refractivity contribution in [3.05, 3.63) is 46.8 Å². The number of hydrogen-bond donors (Lipinski definition) is 1. The zero-order valence-corrected chi connectivity index (χ0v) is 17.6. The molecule has 0 aliphatic heterocycles. The van der Waals surface area contributed by atoms with Gasteiger partial charge in [-0.05, 0) is 53.7 Å². The van der Waals surface area contributed by atoms with Crippen molar-refractivity contribution in [1.82, 2.24) is 14.9 Å². The Labute approximate surface area is 172 Å². The molecule has 1 aromatic heterocycles. The molecular weight excluding hydrogens is 406 g/mol. The molecule has 0 fully saturated rings. The van der Waals surface area contributed by atoms with Gasteiger partial charge in [-0.2, -0.15) is 0 Å². The topological polar surface area (TPSA) is 67.4 Å². The van der Waals surface area contributed by atoms with Gasteiger partial charge in [-0.1, -0.05) is 6.07 Å². The van der Waals surface area contributed by atoms with Gasteiger partial charge in [0.1, 0.15) is 0 Å². The maximum atomic E-state index is 14.3. The van der Waals surface area contributed by atoms with Crippen molar-refractivity contribution in [2.24, 2.45) is 0 Å². The number of H-pyrrole nitrogens is 1. The van der Waals surface area contributed by atoms with Crippen molar-refractivity contribution in [3.8, 4) is 5.75 Å². The first-order valence-corrected chi connectivity index (χ1v) is 9.37. The van der Waals surface area contributed by atoms with Gasteiger partial charge >= 0.3 is 12.5 Å². The molecule has 1 unspecified atom stereocenters. The molecule has 10 heteroatoms. The number of amides is 1. The summed E-state index contributed by atoms with van der Waals surface area (Å²) >= 11 is 0. The summed E-state index contributed by atoms with van der Waals surface area (Å²) in [5.41, 5.74) is 1.47. The van der Waals surface area contributed by atoms with Crippen molar-refractivity contribution >= 4 is 6.09 Å². The Kier molecular flexibility index (Phi) is 6.99. The van der Waals surface area contributed by atoms with Crippen LogP contribution in [0.5, 0.6) is 5.75 Å². The average Bonchev–Trinajstić information content (AvgIpc) is 2.91. The number of aryl methyl sites for hydroxylation is 2. The van der Waals surface area contributed by atoms with Gasteiger partial charge in [-0.15, -0.1) is 13.2 Å². The van der Waals surface area contributed by atoms with E-state index in [0.717, 1.165) is 12.1 Å². The molecule has 0 saturated heterocycles. The van der Waals surface area contributed by atoms with Crippen LogP contribution < -0.4 is 4.74 Å². The molecule has 1 aromatic carbocycles. The van der Waals surface area contributed by atoms with Gasteiger partial charge in [-0.3, -0.25) is 0 Å². The van der Waals surface area contributed by atoms with Gasteiger partial charge < -0.3 is 19.4 Å². The second-order valence-corrected chi connectivity index (χ2v) is 7.43. The van der Waals surface area contributed by atoms with E-state index in [2.05, 4.69) is 14.7 Å². The van der Waals surface area contributed by atoms with Crippen LogP contribution in [0.15, 0.2) is 18.2 Å². The number of alkyl halides is 3. The fourth-order valence-corrected chi connectivity index (χ4v) is 3.05. The second-order valence-electron chi connectivity index (χ2n) is 7.43. The summed E-state index contributed by atoms with van der Waals surface area (Å²) in [5, 5.41) is 0. The molecule has 1 amide bonds. The highest BCUT2D eigenvalue weighted by atomic mass is 19.4. The summed E-state index contributed by atoms with van der Waals surface area (Å²) in [5.74, 6) is -1.99. The molecule has 6 nitrogen and oxygen atoms in total. The van der Waals surface area contributed by atoms with Crippen molar-refractivity contribution < 1.29 is 31.8 Å². The third kappa shape index (κ3) is 5.64. The zero-order valence-electron chi connectivity index (χ0n) is 17.6. The van der Waals surface area contributed by atoms with Gasteiger partial charge in [0.05, 0.1) is 5.69 Å². The summed E-state index contributed by atoms with van der Waals surface area (Å²) in [4.78, 5) is 21.6. The van der Waals surface area contributed by atoms with Crippen LogP contribution in [0.4, 0.5) is 22.4 Å². The van der Waals surface area contributed by atoms with E-state index >= 15 is 0 Å². The Hall–Kier alpha value is -2.78. The zero-order chi connectivity index (χ0) is 22.8. The van der Waals surface area contributed by atoms with E-state index < -0.39 is 30.1 Å². The smallest absolute Gasteiger partial charge is 0.433 e. The maximum absolute atomic E-state index is 14.3. The third-order valence-corrected chi connectivity index (χ3v) is 4.42. The van der Waals surface area contributed by atoms with Crippen molar-refractivity contribution in [2.45, 2.75) is 66.1 Å². The fraction of sp³-hybridized carbons (Fsp3) is 0.500. The first kappa shape index (κ1) is 23.5. The predicted octanol–water partition coefficient (Wildman–Crippen LogP) is 5.41. The SMILES string of the molecule is Cc1nc(C(OC(=O)N(C(C)C)C(C)C)c2ccc(OC(F)(F)F)c(F)c2)[nH]c1C. The Bertz CT molecular complexity index is 866. The number of halogens is 4. The Morgan fingerprint density at radius 1 is 1.13 bits per heavy atom. The summed E-state index contributed by atoms with van der Waals surface area (Å²) in [6, 6.07) is 2.53. The molecular formula is C20H25F4N3O3. The molecule has 1 heterocycles. The van der Waals surface area contributed by atoms with Gasteiger partial charge in [-0.25, -0.2) is 14.2 Å². The van der Waals surface area contributed by atoms with Gasteiger partial charge in [0.25, 0.3) is 0 Å². The number of ether oxygens (including phenoxy) is 2. The van der Waals surface area contributed by atoms with E-state index in [1.54, 1.807) is 13.8 Å².